The molecule has 1 aliphatic rings. The molecule has 1 heterocycles. The van der Waals surface area contributed by atoms with E-state index in [4.69, 9.17) is 4.98 Å². The average Bonchev–Trinajstić information content (AvgIpc) is 2.61. The fraction of sp³-hybridized carbons (Fsp3) is 0.571. The molecule has 27 heavy (non-hydrogen) atoms. The van der Waals surface area contributed by atoms with Crippen LogP contribution in [0.1, 0.15) is 65.8 Å². The standard InChI is InChI=1S/C21H29N3O2S/c1-14(18(25)23-21(2,3)4)27-20-22-17-13-9-8-12-16(17)19(26)24(20)15-10-6-5-7-11-15/h8-9,12-15H,5-7,10-11H2,1-4H3,(H,23,25)/t14-/m1/s1. The zero-order valence-electron chi connectivity index (χ0n) is 16.6. The van der Waals surface area contributed by atoms with Crippen molar-refractivity contribution in [1.29, 1.82) is 0 Å². The van der Waals surface area contributed by atoms with Gasteiger partial charge in [-0.1, -0.05) is 43.2 Å². The Hall–Kier alpha value is -1.82. The van der Waals surface area contributed by atoms with Crippen molar-refractivity contribution in [3.63, 3.8) is 0 Å². The zero-order valence-corrected chi connectivity index (χ0v) is 17.4. The summed E-state index contributed by atoms with van der Waals surface area (Å²) in [6.45, 7) is 7.77. The van der Waals surface area contributed by atoms with Gasteiger partial charge in [-0.25, -0.2) is 4.98 Å². The Bertz CT molecular complexity index is 879. The molecule has 3 rings (SSSR count). The van der Waals surface area contributed by atoms with E-state index in [1.807, 2.05) is 56.5 Å². The number of amides is 1. The third-order valence-electron chi connectivity index (χ3n) is 4.86. The first-order valence-corrected chi connectivity index (χ1v) is 10.6. The fourth-order valence-corrected chi connectivity index (χ4v) is 4.53. The van der Waals surface area contributed by atoms with Crippen LogP contribution in [-0.4, -0.2) is 26.2 Å². The number of para-hydroxylation sites is 1. The Balaban J connectivity index is 1.99. The van der Waals surface area contributed by atoms with E-state index in [1.54, 1.807) is 0 Å². The highest BCUT2D eigenvalue weighted by molar-refractivity contribution is 8.00. The summed E-state index contributed by atoms with van der Waals surface area (Å²) in [6, 6.07) is 7.65. The summed E-state index contributed by atoms with van der Waals surface area (Å²) < 4.78 is 1.85. The molecule has 1 aliphatic carbocycles. The minimum Gasteiger partial charge on any atom is -0.351 e. The molecule has 0 unspecified atom stereocenters. The number of aromatic nitrogens is 2. The first kappa shape index (κ1) is 19.9. The smallest absolute Gasteiger partial charge is 0.262 e. The Labute approximate surface area is 164 Å². The van der Waals surface area contributed by atoms with E-state index in [0.29, 0.717) is 16.1 Å². The Kier molecular flexibility index (Phi) is 5.94. The maximum atomic E-state index is 13.2. The van der Waals surface area contributed by atoms with E-state index < -0.39 is 0 Å². The summed E-state index contributed by atoms with van der Waals surface area (Å²) >= 11 is 1.38. The minimum absolute atomic E-state index is 0.0124. The number of fused-ring (bicyclic) bond motifs is 1. The quantitative estimate of drug-likeness (QED) is 0.628. The van der Waals surface area contributed by atoms with Crippen molar-refractivity contribution in [3.05, 3.63) is 34.6 Å². The molecule has 1 atom stereocenters. The predicted octanol–water partition coefficient (Wildman–Crippen LogP) is 4.30. The van der Waals surface area contributed by atoms with Crippen LogP contribution in [0.25, 0.3) is 10.9 Å². The molecule has 0 radical (unpaired) electrons. The highest BCUT2D eigenvalue weighted by Crippen LogP contribution is 2.32. The molecule has 0 spiro atoms. The van der Waals surface area contributed by atoms with Crippen molar-refractivity contribution < 1.29 is 4.79 Å². The van der Waals surface area contributed by atoms with Crippen LogP contribution in [0.2, 0.25) is 0 Å². The number of carbonyl (C=O) groups excluding carboxylic acids is 1. The van der Waals surface area contributed by atoms with Crippen molar-refractivity contribution in [2.75, 3.05) is 0 Å². The highest BCUT2D eigenvalue weighted by Gasteiger charge is 2.26. The number of thioether (sulfide) groups is 1. The van der Waals surface area contributed by atoms with Crippen molar-refractivity contribution >= 4 is 28.6 Å². The number of rotatable bonds is 4. The third kappa shape index (κ3) is 4.72. The third-order valence-corrected chi connectivity index (χ3v) is 5.93. The normalized spacial score (nSPS) is 17.0. The highest BCUT2D eigenvalue weighted by atomic mass is 32.2. The van der Waals surface area contributed by atoms with Crippen molar-refractivity contribution in [2.24, 2.45) is 0 Å². The summed E-state index contributed by atoms with van der Waals surface area (Å²) in [7, 11) is 0. The van der Waals surface area contributed by atoms with Gasteiger partial charge in [-0.3, -0.25) is 14.2 Å². The molecule has 1 aromatic carbocycles. The summed E-state index contributed by atoms with van der Waals surface area (Å²) in [5.41, 5.74) is 0.421. The van der Waals surface area contributed by atoms with Crippen LogP contribution in [0.3, 0.4) is 0 Å². The SMILES string of the molecule is C[C@@H](Sc1nc2ccccc2c(=O)n1C1CCCCC1)C(=O)NC(C)(C)C. The Morgan fingerprint density at radius 3 is 2.56 bits per heavy atom. The van der Waals surface area contributed by atoms with E-state index in [0.717, 1.165) is 25.7 Å². The molecule has 2 aromatic rings. The largest absolute Gasteiger partial charge is 0.351 e. The Morgan fingerprint density at radius 2 is 1.89 bits per heavy atom. The lowest BCUT2D eigenvalue weighted by Crippen LogP contribution is -2.44. The monoisotopic (exact) mass is 387 g/mol. The average molecular weight is 388 g/mol. The molecule has 0 saturated heterocycles. The van der Waals surface area contributed by atoms with Gasteiger partial charge in [-0.05, 0) is 52.7 Å². The molecule has 1 saturated carbocycles. The molecule has 5 nitrogen and oxygen atoms in total. The number of nitrogens with zero attached hydrogens (tertiary/aromatic N) is 2. The second-order valence-electron chi connectivity index (χ2n) is 8.38. The van der Waals surface area contributed by atoms with Gasteiger partial charge >= 0.3 is 0 Å². The maximum Gasteiger partial charge on any atom is 0.262 e. The lowest BCUT2D eigenvalue weighted by molar-refractivity contribution is -0.121. The lowest BCUT2D eigenvalue weighted by atomic mass is 9.95. The molecule has 1 amide bonds. The first-order valence-electron chi connectivity index (χ1n) is 9.76. The molecular weight excluding hydrogens is 358 g/mol. The summed E-state index contributed by atoms with van der Waals surface area (Å²) in [4.78, 5) is 30.6. The maximum absolute atomic E-state index is 13.2. The van der Waals surface area contributed by atoms with Gasteiger partial charge in [-0.2, -0.15) is 0 Å². The Morgan fingerprint density at radius 1 is 1.22 bits per heavy atom. The number of hydrogen-bond donors (Lipinski definition) is 1. The van der Waals surface area contributed by atoms with Gasteiger partial charge in [0.05, 0.1) is 16.2 Å². The van der Waals surface area contributed by atoms with E-state index in [9.17, 15) is 9.59 Å². The van der Waals surface area contributed by atoms with E-state index in [-0.39, 0.29) is 28.3 Å². The molecule has 1 aromatic heterocycles. The van der Waals surface area contributed by atoms with Crippen molar-refractivity contribution in [1.82, 2.24) is 14.9 Å². The van der Waals surface area contributed by atoms with Crippen LogP contribution in [0.4, 0.5) is 0 Å². The van der Waals surface area contributed by atoms with Crippen LogP contribution in [0, 0.1) is 0 Å². The number of carbonyl (C=O) groups is 1. The summed E-state index contributed by atoms with van der Waals surface area (Å²) in [6.07, 6.45) is 5.48. The van der Waals surface area contributed by atoms with Gasteiger partial charge in [0.15, 0.2) is 5.16 Å². The molecule has 0 bridgehead atoms. The first-order chi connectivity index (χ1) is 12.8. The van der Waals surface area contributed by atoms with Gasteiger partial charge in [0.1, 0.15) is 0 Å². The molecular formula is C21H29N3O2S. The predicted molar refractivity (Wildman–Crippen MR) is 111 cm³/mol. The van der Waals surface area contributed by atoms with Crippen LogP contribution in [0.5, 0.6) is 0 Å². The van der Waals surface area contributed by atoms with Gasteiger partial charge in [0.25, 0.3) is 5.56 Å². The van der Waals surface area contributed by atoms with Crippen LogP contribution in [0.15, 0.2) is 34.2 Å². The van der Waals surface area contributed by atoms with Crippen LogP contribution >= 0.6 is 11.8 Å². The molecule has 1 N–H and O–H groups in total. The van der Waals surface area contributed by atoms with E-state index >= 15 is 0 Å². The lowest BCUT2D eigenvalue weighted by Gasteiger charge is -2.27. The second-order valence-corrected chi connectivity index (χ2v) is 9.69. The van der Waals surface area contributed by atoms with Crippen molar-refractivity contribution in [3.8, 4) is 0 Å². The second kappa shape index (κ2) is 8.05. The molecule has 1 fully saturated rings. The molecule has 6 heteroatoms. The fourth-order valence-electron chi connectivity index (χ4n) is 3.55. The minimum atomic E-state index is -0.327. The molecule has 146 valence electrons. The number of hydrogen-bond acceptors (Lipinski definition) is 4. The van der Waals surface area contributed by atoms with Gasteiger partial charge in [0, 0.05) is 11.6 Å². The summed E-state index contributed by atoms with van der Waals surface area (Å²) in [5.74, 6) is -0.0369. The zero-order chi connectivity index (χ0) is 19.6. The summed E-state index contributed by atoms with van der Waals surface area (Å²) in [5, 5.41) is 4.00. The van der Waals surface area contributed by atoms with E-state index in [1.165, 1.54) is 18.2 Å². The number of benzene rings is 1. The van der Waals surface area contributed by atoms with Crippen LogP contribution in [-0.2, 0) is 4.79 Å². The number of nitrogens with one attached hydrogen (secondary N) is 1. The van der Waals surface area contributed by atoms with Gasteiger partial charge in [0.2, 0.25) is 5.91 Å². The van der Waals surface area contributed by atoms with E-state index in [2.05, 4.69) is 5.32 Å². The van der Waals surface area contributed by atoms with Gasteiger partial charge < -0.3 is 5.32 Å². The topological polar surface area (TPSA) is 64.0 Å². The van der Waals surface area contributed by atoms with Gasteiger partial charge in [-0.15, -0.1) is 0 Å². The molecule has 0 aliphatic heterocycles. The van der Waals surface area contributed by atoms with Crippen LogP contribution < -0.4 is 10.9 Å². The van der Waals surface area contributed by atoms with Crippen molar-refractivity contribution in [2.45, 2.75) is 81.8 Å².